The van der Waals surface area contributed by atoms with E-state index >= 15 is 0 Å². The van der Waals surface area contributed by atoms with Gasteiger partial charge in [0.15, 0.2) is 6.61 Å². The summed E-state index contributed by atoms with van der Waals surface area (Å²) >= 11 is 0. The van der Waals surface area contributed by atoms with Crippen LogP contribution in [0.1, 0.15) is 65.2 Å². The number of nitrogens with zero attached hydrogens (tertiary/aromatic N) is 1. The van der Waals surface area contributed by atoms with Gasteiger partial charge in [-0.25, -0.2) is 4.79 Å². The van der Waals surface area contributed by atoms with Gasteiger partial charge in [-0.2, -0.15) is 0 Å². The number of imide groups is 1. The fourth-order valence-electron chi connectivity index (χ4n) is 5.03. The first-order valence-corrected chi connectivity index (χ1v) is 12.1. The van der Waals surface area contributed by atoms with Crippen LogP contribution in [0.4, 0.5) is 4.79 Å². The minimum atomic E-state index is -0.946. The van der Waals surface area contributed by atoms with Gasteiger partial charge in [0.25, 0.3) is 11.8 Å². The van der Waals surface area contributed by atoms with Gasteiger partial charge in [0, 0.05) is 5.39 Å². The lowest BCUT2D eigenvalue weighted by atomic mass is 9.67. The number of ether oxygens (including phenoxy) is 1. The van der Waals surface area contributed by atoms with Crippen molar-refractivity contribution in [2.24, 2.45) is 11.3 Å². The van der Waals surface area contributed by atoms with Crippen LogP contribution in [0.5, 0.6) is 0 Å². The molecule has 188 valence electrons. The highest BCUT2D eigenvalue weighted by molar-refractivity contribution is 6.08. The van der Waals surface area contributed by atoms with E-state index in [1.54, 1.807) is 6.92 Å². The number of esters is 1. The number of fused-ring (bicyclic) bond motifs is 1. The molecule has 1 atom stereocenters. The zero-order valence-electron chi connectivity index (χ0n) is 20.7. The Balaban J connectivity index is 1.26. The number of hydrogen-bond acceptors (Lipinski definition) is 6. The Morgan fingerprint density at radius 1 is 1.23 bits per heavy atom. The van der Waals surface area contributed by atoms with Crippen LogP contribution in [-0.4, -0.2) is 47.4 Å². The number of furan rings is 1. The Kier molecular flexibility index (Phi) is 6.62. The third-order valence-corrected chi connectivity index (χ3v) is 7.21. The lowest BCUT2D eigenvalue weighted by Crippen LogP contribution is -2.50. The molecule has 1 saturated heterocycles. The normalized spacial score (nSPS) is 23.4. The van der Waals surface area contributed by atoms with E-state index in [4.69, 9.17) is 9.15 Å². The molecule has 2 heterocycles. The fourth-order valence-corrected chi connectivity index (χ4v) is 5.03. The molecule has 2 aromatic rings. The highest BCUT2D eigenvalue weighted by Crippen LogP contribution is 2.43. The molecule has 35 heavy (non-hydrogen) atoms. The molecular formula is C26H33N3O6. The highest BCUT2D eigenvalue weighted by atomic mass is 16.5. The number of benzene rings is 1. The molecule has 9 nitrogen and oxygen atoms in total. The Morgan fingerprint density at radius 3 is 2.57 bits per heavy atom. The van der Waals surface area contributed by atoms with Crippen molar-refractivity contribution in [3.63, 3.8) is 0 Å². The van der Waals surface area contributed by atoms with E-state index in [1.165, 1.54) is 0 Å². The Hall–Kier alpha value is -3.36. The number of nitrogens with one attached hydrogen (secondary N) is 2. The van der Waals surface area contributed by atoms with E-state index in [0.717, 1.165) is 23.1 Å². The van der Waals surface area contributed by atoms with Crippen LogP contribution in [0.2, 0.25) is 0 Å². The zero-order chi connectivity index (χ0) is 25.4. The quantitative estimate of drug-likeness (QED) is 0.478. The first-order chi connectivity index (χ1) is 16.5. The van der Waals surface area contributed by atoms with E-state index in [-0.39, 0.29) is 5.41 Å². The zero-order valence-corrected chi connectivity index (χ0v) is 20.7. The summed E-state index contributed by atoms with van der Waals surface area (Å²) in [6.45, 7) is 7.26. The van der Waals surface area contributed by atoms with Crippen LogP contribution < -0.4 is 10.6 Å². The summed E-state index contributed by atoms with van der Waals surface area (Å²) in [5, 5.41) is 6.45. The van der Waals surface area contributed by atoms with Crippen LogP contribution >= 0.6 is 0 Å². The molecule has 4 rings (SSSR count). The number of rotatable bonds is 6. The number of carbonyl (C=O) groups excluding carboxylic acids is 4. The summed E-state index contributed by atoms with van der Waals surface area (Å²) in [6, 6.07) is 8.33. The van der Waals surface area contributed by atoms with E-state index in [9.17, 15) is 19.2 Å². The molecule has 9 heteroatoms. The Labute approximate surface area is 204 Å². The average molecular weight is 484 g/mol. The summed E-state index contributed by atoms with van der Waals surface area (Å²) < 4.78 is 10.8. The predicted molar refractivity (Wildman–Crippen MR) is 128 cm³/mol. The van der Waals surface area contributed by atoms with Crippen molar-refractivity contribution in [3.05, 3.63) is 36.1 Å². The lowest BCUT2D eigenvalue weighted by Gasteiger charge is -2.40. The summed E-state index contributed by atoms with van der Waals surface area (Å²) in [5.74, 6) is -0.676. The fraction of sp³-hybridized carbons (Fsp3) is 0.538. The van der Waals surface area contributed by atoms with Gasteiger partial charge >= 0.3 is 12.0 Å². The summed E-state index contributed by atoms with van der Waals surface area (Å²) in [4.78, 5) is 51.0. The molecule has 2 fully saturated rings. The standard InChI is InChI=1S/C26H33N3O6/c1-16(20-13-17-7-5-6-8-19(17)35-20)27-21(30)15-34-22(31)14-29-23(32)26(28-24(29)33)11-9-18(10-12-26)25(2,3)4/h5-8,13,16,18H,9-12,14-15H2,1-4H3,(H,27,30)(H,28,33). The number of carbonyl (C=O) groups is 4. The van der Waals surface area contributed by atoms with Crippen molar-refractivity contribution >= 4 is 34.8 Å². The van der Waals surface area contributed by atoms with Gasteiger partial charge in [-0.1, -0.05) is 39.0 Å². The maximum atomic E-state index is 13.0. The molecule has 2 aliphatic rings. The summed E-state index contributed by atoms with van der Waals surface area (Å²) in [7, 11) is 0. The third kappa shape index (κ3) is 5.18. The van der Waals surface area contributed by atoms with Crippen LogP contribution in [0.25, 0.3) is 11.0 Å². The second kappa shape index (κ2) is 9.36. The molecule has 4 amide bonds. The van der Waals surface area contributed by atoms with E-state index in [0.29, 0.717) is 30.1 Å². The molecule has 1 saturated carbocycles. The highest BCUT2D eigenvalue weighted by Gasteiger charge is 2.53. The first kappa shape index (κ1) is 24.8. The van der Waals surface area contributed by atoms with Crippen LogP contribution in [0.15, 0.2) is 34.7 Å². The number of amides is 4. The van der Waals surface area contributed by atoms with Crippen molar-refractivity contribution < 1.29 is 28.3 Å². The monoisotopic (exact) mass is 483 g/mol. The Bertz CT molecular complexity index is 1110. The molecule has 2 N–H and O–H groups in total. The van der Waals surface area contributed by atoms with Gasteiger partial charge in [0.1, 0.15) is 23.4 Å². The number of para-hydroxylation sites is 1. The predicted octanol–water partition coefficient (Wildman–Crippen LogP) is 3.68. The average Bonchev–Trinajstić information content (AvgIpc) is 3.33. The first-order valence-electron chi connectivity index (χ1n) is 12.1. The van der Waals surface area contributed by atoms with Crippen molar-refractivity contribution in [2.45, 2.75) is 65.0 Å². The maximum Gasteiger partial charge on any atom is 0.326 e. The molecule has 1 aromatic carbocycles. The molecule has 0 radical (unpaired) electrons. The van der Waals surface area contributed by atoms with Gasteiger partial charge in [-0.15, -0.1) is 0 Å². The molecule has 1 aliphatic heterocycles. The van der Waals surface area contributed by atoms with Crippen molar-refractivity contribution in [1.29, 1.82) is 0 Å². The second-order valence-electron chi connectivity index (χ2n) is 10.7. The van der Waals surface area contributed by atoms with Crippen molar-refractivity contribution in [1.82, 2.24) is 15.5 Å². The van der Waals surface area contributed by atoms with Crippen LogP contribution in [0, 0.1) is 11.3 Å². The SMILES string of the molecule is CC(NC(=O)COC(=O)CN1C(=O)NC2(CCC(C(C)(C)C)CC2)C1=O)c1cc2ccccc2o1. The van der Waals surface area contributed by atoms with Gasteiger partial charge in [0.2, 0.25) is 0 Å². The largest absolute Gasteiger partial charge is 0.459 e. The minimum absolute atomic E-state index is 0.138. The molecule has 0 bridgehead atoms. The molecule has 1 unspecified atom stereocenters. The topological polar surface area (TPSA) is 118 Å². The lowest BCUT2D eigenvalue weighted by molar-refractivity contribution is -0.151. The van der Waals surface area contributed by atoms with Gasteiger partial charge in [-0.3, -0.25) is 19.3 Å². The van der Waals surface area contributed by atoms with Gasteiger partial charge in [0.05, 0.1) is 6.04 Å². The minimum Gasteiger partial charge on any atom is -0.459 e. The number of urea groups is 1. The van der Waals surface area contributed by atoms with E-state index < -0.39 is 48.5 Å². The third-order valence-electron chi connectivity index (χ3n) is 7.21. The molecular weight excluding hydrogens is 450 g/mol. The van der Waals surface area contributed by atoms with Crippen molar-refractivity contribution in [3.8, 4) is 0 Å². The summed E-state index contributed by atoms with van der Waals surface area (Å²) in [6.07, 6.45) is 2.76. The van der Waals surface area contributed by atoms with Crippen LogP contribution in [-0.2, 0) is 19.1 Å². The molecule has 1 spiro atoms. The van der Waals surface area contributed by atoms with E-state index in [1.807, 2.05) is 30.3 Å². The summed E-state index contributed by atoms with van der Waals surface area (Å²) in [5.41, 5.74) is -0.0918. The van der Waals surface area contributed by atoms with Crippen LogP contribution in [0.3, 0.4) is 0 Å². The second-order valence-corrected chi connectivity index (χ2v) is 10.7. The van der Waals surface area contributed by atoms with E-state index in [2.05, 4.69) is 31.4 Å². The van der Waals surface area contributed by atoms with Gasteiger partial charge < -0.3 is 19.8 Å². The Morgan fingerprint density at radius 2 is 1.91 bits per heavy atom. The molecule has 1 aliphatic carbocycles. The number of hydrogen-bond donors (Lipinski definition) is 2. The molecule has 1 aromatic heterocycles. The van der Waals surface area contributed by atoms with Gasteiger partial charge in [-0.05, 0) is 56.1 Å². The van der Waals surface area contributed by atoms with Crippen molar-refractivity contribution in [2.75, 3.05) is 13.2 Å². The smallest absolute Gasteiger partial charge is 0.326 e. The maximum absolute atomic E-state index is 13.0.